The molecule has 0 aliphatic heterocycles. The third-order valence-corrected chi connectivity index (χ3v) is 3.52. The van der Waals surface area contributed by atoms with E-state index in [2.05, 4.69) is 6.92 Å². The number of hydrogen-bond donors (Lipinski definition) is 2. The van der Waals surface area contributed by atoms with Gasteiger partial charge in [-0.1, -0.05) is 58.3 Å². The fourth-order valence-electron chi connectivity index (χ4n) is 2.11. The van der Waals surface area contributed by atoms with E-state index in [0.717, 1.165) is 12.8 Å². The molecule has 0 aliphatic carbocycles. The van der Waals surface area contributed by atoms with Gasteiger partial charge in [-0.25, -0.2) is 4.79 Å². The van der Waals surface area contributed by atoms with Crippen molar-refractivity contribution in [2.75, 3.05) is 40.1 Å². The van der Waals surface area contributed by atoms with Crippen molar-refractivity contribution in [2.45, 2.75) is 71.1 Å². The van der Waals surface area contributed by atoms with Gasteiger partial charge in [-0.2, -0.15) is 0 Å². The van der Waals surface area contributed by atoms with E-state index >= 15 is 0 Å². The van der Waals surface area contributed by atoms with E-state index in [1.165, 1.54) is 44.9 Å². The van der Waals surface area contributed by atoms with Crippen molar-refractivity contribution < 1.29 is 34.0 Å². The average molecular weight is 379 g/mol. The summed E-state index contributed by atoms with van der Waals surface area (Å²) in [5, 5.41) is 16.6. The molecule has 0 saturated heterocycles. The summed E-state index contributed by atoms with van der Waals surface area (Å²) < 4.78 is 14.4. The standard InChI is InChI=1S/C12H24O2.C7H14O5/c1-2-3-4-5-6-7-8-9-10-11-12(13)14;1-10-2-3-11-4-5-12-6-7(8)9/h2-11H2,1H3,(H,13,14);2-6H2,1H3,(H,8,9). The molecule has 0 aromatic carbocycles. The minimum atomic E-state index is -0.966. The first-order valence-corrected chi connectivity index (χ1v) is 9.62. The van der Waals surface area contributed by atoms with E-state index in [9.17, 15) is 9.59 Å². The lowest BCUT2D eigenvalue weighted by Gasteiger charge is -2.02. The zero-order chi connectivity index (χ0) is 19.9. The molecule has 0 amide bonds. The Morgan fingerprint density at radius 2 is 1.19 bits per heavy atom. The van der Waals surface area contributed by atoms with E-state index in [4.69, 9.17) is 24.4 Å². The number of rotatable bonds is 18. The van der Waals surface area contributed by atoms with Crippen LogP contribution in [0.1, 0.15) is 71.1 Å². The normalized spacial score (nSPS) is 10.2. The second kappa shape index (κ2) is 23.8. The molecular formula is C19H38O7. The Morgan fingerprint density at radius 1 is 0.692 bits per heavy atom. The fourth-order valence-corrected chi connectivity index (χ4v) is 2.11. The lowest BCUT2D eigenvalue weighted by molar-refractivity contribution is -0.142. The molecule has 156 valence electrons. The molecule has 2 N–H and O–H groups in total. The van der Waals surface area contributed by atoms with Gasteiger partial charge in [-0.3, -0.25) is 4.79 Å². The van der Waals surface area contributed by atoms with Crippen molar-refractivity contribution >= 4 is 11.9 Å². The second-order valence-corrected chi connectivity index (χ2v) is 6.02. The van der Waals surface area contributed by atoms with E-state index in [0.29, 0.717) is 32.8 Å². The van der Waals surface area contributed by atoms with Crippen LogP contribution in [0.4, 0.5) is 0 Å². The molecule has 0 aliphatic rings. The molecule has 0 radical (unpaired) electrons. The predicted molar refractivity (Wildman–Crippen MR) is 101 cm³/mol. The quantitative estimate of drug-likeness (QED) is 0.350. The molecule has 0 saturated carbocycles. The molecule has 0 rings (SSSR count). The summed E-state index contributed by atoms with van der Waals surface area (Å²) in [5.74, 6) is -1.63. The summed E-state index contributed by atoms with van der Waals surface area (Å²) in [6.07, 6.45) is 11.5. The topological polar surface area (TPSA) is 102 Å². The SMILES string of the molecule is CCCCCCCCCCCC(=O)O.COCCOCCOCC(=O)O. The Balaban J connectivity index is 0. The summed E-state index contributed by atoms with van der Waals surface area (Å²) in [5.41, 5.74) is 0. The molecule has 0 atom stereocenters. The van der Waals surface area contributed by atoms with Gasteiger partial charge in [0, 0.05) is 13.5 Å². The van der Waals surface area contributed by atoms with Crippen molar-refractivity contribution in [3.8, 4) is 0 Å². The number of carbonyl (C=O) groups is 2. The Morgan fingerprint density at radius 3 is 1.69 bits per heavy atom. The number of carboxylic acids is 2. The Bertz CT molecular complexity index is 308. The third-order valence-electron chi connectivity index (χ3n) is 3.52. The lowest BCUT2D eigenvalue weighted by Crippen LogP contribution is -2.12. The number of ether oxygens (including phenoxy) is 3. The maximum Gasteiger partial charge on any atom is 0.329 e. The summed E-state index contributed by atoms with van der Waals surface area (Å²) in [6.45, 7) is 3.71. The van der Waals surface area contributed by atoms with E-state index < -0.39 is 11.9 Å². The molecule has 7 heteroatoms. The molecule has 0 aromatic heterocycles. The van der Waals surface area contributed by atoms with Crippen LogP contribution in [0.15, 0.2) is 0 Å². The highest BCUT2D eigenvalue weighted by Crippen LogP contribution is 2.10. The van der Waals surface area contributed by atoms with Crippen LogP contribution >= 0.6 is 0 Å². The first-order valence-electron chi connectivity index (χ1n) is 9.62. The van der Waals surface area contributed by atoms with Crippen molar-refractivity contribution in [1.29, 1.82) is 0 Å². The molecule has 0 aromatic rings. The van der Waals surface area contributed by atoms with Crippen molar-refractivity contribution in [3.05, 3.63) is 0 Å². The number of hydrogen-bond acceptors (Lipinski definition) is 5. The molecule has 0 spiro atoms. The Hall–Kier alpha value is -1.18. The smallest absolute Gasteiger partial charge is 0.329 e. The van der Waals surface area contributed by atoms with Crippen molar-refractivity contribution in [2.24, 2.45) is 0 Å². The van der Waals surface area contributed by atoms with Crippen LogP contribution in [-0.2, 0) is 23.8 Å². The van der Waals surface area contributed by atoms with Crippen molar-refractivity contribution in [1.82, 2.24) is 0 Å². The summed E-state index contributed by atoms with van der Waals surface area (Å²) in [7, 11) is 1.59. The third kappa shape index (κ3) is 30.7. The minimum Gasteiger partial charge on any atom is -0.481 e. The minimum absolute atomic E-state index is 0.270. The van der Waals surface area contributed by atoms with Crippen LogP contribution in [0.5, 0.6) is 0 Å². The lowest BCUT2D eigenvalue weighted by atomic mass is 10.1. The van der Waals surface area contributed by atoms with Gasteiger partial charge in [0.2, 0.25) is 0 Å². The van der Waals surface area contributed by atoms with Gasteiger partial charge >= 0.3 is 11.9 Å². The van der Waals surface area contributed by atoms with E-state index in [-0.39, 0.29) is 6.61 Å². The van der Waals surface area contributed by atoms with E-state index in [1.54, 1.807) is 7.11 Å². The van der Waals surface area contributed by atoms with E-state index in [1.807, 2.05) is 0 Å². The van der Waals surface area contributed by atoms with Crippen LogP contribution < -0.4 is 0 Å². The molecule has 0 heterocycles. The van der Waals surface area contributed by atoms with Crippen LogP contribution in [0.3, 0.4) is 0 Å². The monoisotopic (exact) mass is 378 g/mol. The highest BCUT2D eigenvalue weighted by molar-refractivity contribution is 5.68. The first-order chi connectivity index (χ1) is 12.5. The molecule has 0 unspecified atom stereocenters. The zero-order valence-corrected chi connectivity index (χ0v) is 16.5. The van der Waals surface area contributed by atoms with Crippen LogP contribution in [0, 0.1) is 0 Å². The molecular weight excluding hydrogens is 340 g/mol. The second-order valence-electron chi connectivity index (χ2n) is 6.02. The number of carboxylic acid groups (broad SMARTS) is 2. The Labute approximate surface area is 158 Å². The van der Waals surface area contributed by atoms with Gasteiger partial charge in [0.1, 0.15) is 6.61 Å². The summed E-state index contributed by atoms with van der Waals surface area (Å²) in [6, 6.07) is 0. The molecule has 0 fully saturated rings. The maximum atomic E-state index is 10.2. The molecule has 0 bridgehead atoms. The summed E-state index contributed by atoms with van der Waals surface area (Å²) in [4.78, 5) is 20.2. The van der Waals surface area contributed by atoms with Crippen LogP contribution in [0.2, 0.25) is 0 Å². The number of unbranched alkanes of at least 4 members (excludes halogenated alkanes) is 8. The van der Waals surface area contributed by atoms with Crippen LogP contribution in [0.25, 0.3) is 0 Å². The first kappa shape index (κ1) is 27.0. The van der Waals surface area contributed by atoms with Gasteiger partial charge in [0.25, 0.3) is 0 Å². The van der Waals surface area contributed by atoms with Gasteiger partial charge in [-0.15, -0.1) is 0 Å². The van der Waals surface area contributed by atoms with Crippen LogP contribution in [-0.4, -0.2) is 62.3 Å². The number of aliphatic carboxylic acids is 2. The van der Waals surface area contributed by atoms with Gasteiger partial charge < -0.3 is 24.4 Å². The fraction of sp³-hybridized carbons (Fsp3) is 0.895. The highest BCUT2D eigenvalue weighted by Gasteiger charge is 1.96. The highest BCUT2D eigenvalue weighted by atomic mass is 16.5. The van der Waals surface area contributed by atoms with Gasteiger partial charge in [0.05, 0.1) is 26.4 Å². The molecule has 7 nitrogen and oxygen atoms in total. The Kier molecular flexibility index (Phi) is 24.8. The van der Waals surface area contributed by atoms with Gasteiger partial charge in [-0.05, 0) is 6.42 Å². The number of methoxy groups -OCH3 is 1. The molecule has 26 heavy (non-hydrogen) atoms. The average Bonchev–Trinajstić information content (AvgIpc) is 2.59. The zero-order valence-electron chi connectivity index (χ0n) is 16.5. The van der Waals surface area contributed by atoms with Crippen molar-refractivity contribution in [3.63, 3.8) is 0 Å². The predicted octanol–water partition coefficient (Wildman–Crippen LogP) is 3.74. The maximum absolute atomic E-state index is 10.2. The largest absolute Gasteiger partial charge is 0.481 e. The summed E-state index contributed by atoms with van der Waals surface area (Å²) >= 11 is 0. The van der Waals surface area contributed by atoms with Gasteiger partial charge in [0.15, 0.2) is 0 Å².